The molecule has 0 aliphatic carbocycles. The lowest BCUT2D eigenvalue weighted by Gasteiger charge is -2.05. The number of carbonyl (C=O) groups excluding carboxylic acids is 1. The molecule has 0 fully saturated rings. The fourth-order valence-corrected chi connectivity index (χ4v) is 2.43. The second-order valence-electron chi connectivity index (χ2n) is 5.50. The van der Waals surface area contributed by atoms with Crippen molar-refractivity contribution < 1.29 is 18.0 Å². The second kappa shape index (κ2) is 7.25. The maximum absolute atomic E-state index is 13.6. The van der Waals surface area contributed by atoms with Crippen LogP contribution in [0.4, 0.5) is 8.78 Å². The van der Waals surface area contributed by atoms with Crippen LogP contribution in [0.1, 0.15) is 21.8 Å². The van der Waals surface area contributed by atoms with Gasteiger partial charge in [0.15, 0.2) is 11.6 Å². The minimum absolute atomic E-state index is 0.233. The van der Waals surface area contributed by atoms with Gasteiger partial charge in [0, 0.05) is 18.5 Å². The number of halogens is 2. The van der Waals surface area contributed by atoms with Gasteiger partial charge in [-0.1, -0.05) is 24.3 Å². The Labute approximate surface area is 143 Å². The van der Waals surface area contributed by atoms with E-state index in [2.05, 4.69) is 10.3 Å². The lowest BCUT2D eigenvalue weighted by Crippen LogP contribution is -2.27. The van der Waals surface area contributed by atoms with Crippen LogP contribution in [0.2, 0.25) is 0 Å². The van der Waals surface area contributed by atoms with Gasteiger partial charge in [-0.15, -0.1) is 0 Å². The smallest absolute Gasteiger partial charge is 0.254 e. The molecule has 128 valence electrons. The molecule has 0 bridgehead atoms. The van der Waals surface area contributed by atoms with E-state index < -0.39 is 17.5 Å². The zero-order valence-corrected chi connectivity index (χ0v) is 13.6. The molecule has 2 aromatic carbocycles. The van der Waals surface area contributed by atoms with Crippen LogP contribution in [0.15, 0.2) is 52.9 Å². The molecule has 0 saturated carbocycles. The maximum atomic E-state index is 13.6. The molecule has 0 unspecified atom stereocenters. The summed E-state index contributed by atoms with van der Waals surface area (Å²) in [4.78, 5) is 16.4. The lowest BCUT2D eigenvalue weighted by atomic mass is 10.2. The van der Waals surface area contributed by atoms with Crippen LogP contribution in [-0.2, 0) is 6.42 Å². The first-order valence-corrected chi connectivity index (χ1v) is 7.80. The van der Waals surface area contributed by atoms with Gasteiger partial charge in [0.1, 0.15) is 5.76 Å². The molecule has 0 aliphatic heterocycles. The molecular weight excluding hydrogens is 326 g/mol. The van der Waals surface area contributed by atoms with Crippen molar-refractivity contribution in [1.29, 1.82) is 0 Å². The van der Waals surface area contributed by atoms with E-state index in [0.29, 0.717) is 23.8 Å². The Hall–Kier alpha value is -3.02. The van der Waals surface area contributed by atoms with Crippen molar-refractivity contribution in [2.45, 2.75) is 13.3 Å². The highest BCUT2D eigenvalue weighted by molar-refractivity contribution is 5.94. The van der Waals surface area contributed by atoms with E-state index in [1.807, 2.05) is 30.3 Å². The summed E-state index contributed by atoms with van der Waals surface area (Å²) in [5.74, 6) is -1.70. The van der Waals surface area contributed by atoms with Crippen LogP contribution in [0.3, 0.4) is 0 Å². The molecule has 0 atom stereocenters. The largest absolute Gasteiger partial charge is 0.441 e. The molecular formula is C19H16F2N2O2. The summed E-state index contributed by atoms with van der Waals surface area (Å²) in [6.07, 6.45) is 0.421. The van der Waals surface area contributed by atoms with Crippen LogP contribution >= 0.6 is 0 Å². The van der Waals surface area contributed by atoms with Gasteiger partial charge in [-0.2, -0.15) is 0 Å². The normalized spacial score (nSPS) is 10.7. The number of hydrogen-bond acceptors (Lipinski definition) is 3. The zero-order chi connectivity index (χ0) is 17.8. The van der Waals surface area contributed by atoms with E-state index in [0.717, 1.165) is 11.6 Å². The number of aromatic nitrogens is 1. The van der Waals surface area contributed by atoms with Gasteiger partial charge in [0.2, 0.25) is 5.89 Å². The summed E-state index contributed by atoms with van der Waals surface area (Å²) in [6.45, 7) is 2.03. The van der Waals surface area contributed by atoms with Gasteiger partial charge in [-0.25, -0.2) is 13.8 Å². The van der Waals surface area contributed by atoms with Gasteiger partial charge >= 0.3 is 0 Å². The number of nitrogens with one attached hydrogen (secondary N) is 1. The maximum Gasteiger partial charge on any atom is 0.254 e. The first kappa shape index (κ1) is 16.8. The Morgan fingerprint density at radius 1 is 1.12 bits per heavy atom. The molecule has 0 radical (unpaired) electrons. The number of hydrogen-bond donors (Lipinski definition) is 1. The summed E-state index contributed by atoms with van der Waals surface area (Å²) in [5, 5.41) is 2.56. The molecule has 3 rings (SSSR count). The molecule has 1 amide bonds. The second-order valence-corrected chi connectivity index (χ2v) is 5.50. The molecule has 0 aliphatic rings. The minimum atomic E-state index is -1.15. The first-order chi connectivity index (χ1) is 12.1. The third-order valence-corrected chi connectivity index (χ3v) is 3.76. The van der Waals surface area contributed by atoms with E-state index in [-0.39, 0.29) is 12.1 Å². The Morgan fingerprint density at radius 3 is 2.64 bits per heavy atom. The quantitative estimate of drug-likeness (QED) is 0.765. The van der Waals surface area contributed by atoms with E-state index >= 15 is 0 Å². The number of carbonyl (C=O) groups is 1. The highest BCUT2D eigenvalue weighted by Crippen LogP contribution is 2.21. The predicted octanol–water partition coefficient (Wildman–Crippen LogP) is 3.90. The average Bonchev–Trinajstić information content (AvgIpc) is 2.99. The van der Waals surface area contributed by atoms with E-state index in [1.54, 1.807) is 6.92 Å². The van der Waals surface area contributed by atoms with Crippen molar-refractivity contribution >= 4 is 5.91 Å². The summed E-state index contributed by atoms with van der Waals surface area (Å²) in [6, 6.07) is 13.0. The van der Waals surface area contributed by atoms with Crippen LogP contribution < -0.4 is 5.32 Å². The average molecular weight is 342 g/mol. The van der Waals surface area contributed by atoms with Gasteiger partial charge in [-0.3, -0.25) is 4.79 Å². The Morgan fingerprint density at radius 2 is 1.88 bits per heavy atom. The minimum Gasteiger partial charge on any atom is -0.441 e. The van der Waals surface area contributed by atoms with Crippen molar-refractivity contribution in [3.8, 4) is 11.5 Å². The number of benzene rings is 2. The lowest BCUT2D eigenvalue weighted by molar-refractivity contribution is 0.0949. The summed E-state index contributed by atoms with van der Waals surface area (Å²) in [5.41, 5.74) is 1.25. The van der Waals surface area contributed by atoms with E-state index in [4.69, 9.17) is 4.42 Å². The molecule has 3 aromatic rings. The van der Waals surface area contributed by atoms with Crippen molar-refractivity contribution in [2.75, 3.05) is 6.54 Å². The number of aryl methyl sites for hydroxylation is 1. The number of rotatable bonds is 5. The van der Waals surface area contributed by atoms with Gasteiger partial charge in [0.25, 0.3) is 5.91 Å². The molecule has 0 saturated heterocycles. The predicted molar refractivity (Wildman–Crippen MR) is 89.1 cm³/mol. The summed E-state index contributed by atoms with van der Waals surface area (Å²) in [7, 11) is 0. The highest BCUT2D eigenvalue weighted by atomic mass is 19.2. The molecule has 6 heteroatoms. The van der Waals surface area contributed by atoms with Gasteiger partial charge in [-0.05, 0) is 31.2 Å². The first-order valence-electron chi connectivity index (χ1n) is 7.80. The monoisotopic (exact) mass is 342 g/mol. The van der Waals surface area contributed by atoms with Crippen molar-refractivity contribution in [3.63, 3.8) is 0 Å². The molecule has 0 spiro atoms. The molecule has 1 heterocycles. The SMILES string of the molecule is Cc1oc(-c2ccccc2)nc1CCNC(=O)c1cccc(F)c1F. The standard InChI is InChI=1S/C19H16F2N2O2/c1-12-16(23-19(25-12)13-6-3-2-4-7-13)10-11-22-18(24)14-8-5-9-15(20)17(14)21/h2-9H,10-11H2,1H3,(H,22,24). The fourth-order valence-electron chi connectivity index (χ4n) is 2.43. The van der Waals surface area contributed by atoms with E-state index in [1.165, 1.54) is 12.1 Å². The van der Waals surface area contributed by atoms with Crippen LogP contribution in [0.25, 0.3) is 11.5 Å². The highest BCUT2D eigenvalue weighted by Gasteiger charge is 2.15. The van der Waals surface area contributed by atoms with Crippen LogP contribution in [-0.4, -0.2) is 17.4 Å². The number of nitrogens with zero attached hydrogens (tertiary/aromatic N) is 1. The molecule has 1 aromatic heterocycles. The van der Waals surface area contributed by atoms with Crippen molar-refractivity contribution in [3.05, 3.63) is 77.2 Å². The molecule has 4 nitrogen and oxygen atoms in total. The Bertz CT molecular complexity index is 892. The van der Waals surface area contributed by atoms with Gasteiger partial charge in [0.05, 0.1) is 11.3 Å². The zero-order valence-electron chi connectivity index (χ0n) is 13.6. The third kappa shape index (κ3) is 3.74. The molecule has 1 N–H and O–H groups in total. The topological polar surface area (TPSA) is 55.1 Å². The van der Waals surface area contributed by atoms with Gasteiger partial charge < -0.3 is 9.73 Å². The molecule has 25 heavy (non-hydrogen) atoms. The number of oxazole rings is 1. The fraction of sp³-hybridized carbons (Fsp3) is 0.158. The van der Waals surface area contributed by atoms with E-state index in [9.17, 15) is 13.6 Å². The number of amides is 1. The summed E-state index contributed by atoms with van der Waals surface area (Å²) < 4.78 is 32.4. The summed E-state index contributed by atoms with van der Waals surface area (Å²) >= 11 is 0. The van der Waals surface area contributed by atoms with Crippen molar-refractivity contribution in [2.24, 2.45) is 0 Å². The van der Waals surface area contributed by atoms with Crippen molar-refractivity contribution in [1.82, 2.24) is 10.3 Å². The third-order valence-electron chi connectivity index (χ3n) is 3.76. The van der Waals surface area contributed by atoms with Crippen LogP contribution in [0, 0.1) is 18.6 Å². The Balaban J connectivity index is 1.64. The Kier molecular flexibility index (Phi) is 4.88. The van der Waals surface area contributed by atoms with Crippen LogP contribution in [0.5, 0.6) is 0 Å².